The molecule has 0 spiro atoms. The molecule has 1 aliphatic rings. The van der Waals surface area contributed by atoms with E-state index in [1.54, 1.807) is 4.90 Å². The fraction of sp³-hybridized carbons (Fsp3) is 0.550. The van der Waals surface area contributed by atoms with Gasteiger partial charge in [-0.05, 0) is 19.4 Å². The maximum absolute atomic E-state index is 12.3. The first-order chi connectivity index (χ1) is 12.9. The Morgan fingerprint density at radius 1 is 1.00 bits per heavy atom. The summed E-state index contributed by atoms with van der Waals surface area (Å²) >= 11 is 0. The minimum absolute atomic E-state index is 0.0194. The van der Waals surface area contributed by atoms with Crippen LogP contribution in [0, 0.1) is 0 Å². The van der Waals surface area contributed by atoms with Gasteiger partial charge in [-0.3, -0.25) is 19.3 Å². The molecule has 0 atom stereocenters. The van der Waals surface area contributed by atoms with Gasteiger partial charge in [-0.1, -0.05) is 30.3 Å². The van der Waals surface area contributed by atoms with Crippen LogP contribution >= 0.6 is 0 Å². The first kappa shape index (κ1) is 20.9. The van der Waals surface area contributed by atoms with E-state index in [9.17, 15) is 14.4 Å². The molecule has 3 amide bonds. The van der Waals surface area contributed by atoms with E-state index in [-0.39, 0.29) is 23.8 Å². The highest BCUT2D eigenvalue weighted by Gasteiger charge is 2.22. The molecule has 0 aliphatic carbocycles. The number of nitrogens with one attached hydrogen (secondary N) is 2. The second-order valence-electron chi connectivity index (χ2n) is 7.14. The van der Waals surface area contributed by atoms with Crippen LogP contribution in [0.4, 0.5) is 0 Å². The molecule has 1 saturated heterocycles. The zero-order valence-electron chi connectivity index (χ0n) is 16.2. The highest BCUT2D eigenvalue weighted by atomic mass is 16.2. The average Bonchev–Trinajstić information content (AvgIpc) is 2.62. The quantitative estimate of drug-likeness (QED) is 0.690. The summed E-state index contributed by atoms with van der Waals surface area (Å²) in [5, 5.41) is 5.68. The van der Waals surface area contributed by atoms with Crippen molar-refractivity contribution in [2.75, 3.05) is 39.3 Å². The van der Waals surface area contributed by atoms with Crippen molar-refractivity contribution < 1.29 is 14.4 Å². The Labute approximate surface area is 161 Å². The molecule has 7 heteroatoms. The van der Waals surface area contributed by atoms with E-state index in [0.717, 1.165) is 5.56 Å². The standard InChI is InChI=1S/C20H30N4O3/c1-16(2)22-19(26)15-23-10-12-24(13-11-23)20(27)8-9-21-18(25)14-17-6-4-3-5-7-17/h3-7,16H,8-15H2,1-2H3,(H,21,25)(H,22,26). The van der Waals surface area contributed by atoms with E-state index in [4.69, 9.17) is 0 Å². The predicted molar refractivity (Wildman–Crippen MR) is 104 cm³/mol. The Bertz CT molecular complexity index is 625. The molecule has 1 heterocycles. The topological polar surface area (TPSA) is 81.8 Å². The lowest BCUT2D eigenvalue weighted by atomic mass is 10.1. The molecule has 0 aromatic heterocycles. The van der Waals surface area contributed by atoms with Crippen molar-refractivity contribution in [3.8, 4) is 0 Å². The van der Waals surface area contributed by atoms with Crippen LogP contribution in [0.1, 0.15) is 25.8 Å². The third kappa shape index (κ3) is 7.78. The Morgan fingerprint density at radius 2 is 1.67 bits per heavy atom. The summed E-state index contributed by atoms with van der Waals surface area (Å²) < 4.78 is 0. The van der Waals surface area contributed by atoms with Crippen molar-refractivity contribution in [2.45, 2.75) is 32.7 Å². The van der Waals surface area contributed by atoms with Crippen molar-refractivity contribution in [1.82, 2.24) is 20.4 Å². The van der Waals surface area contributed by atoms with Crippen LogP contribution in [-0.2, 0) is 20.8 Å². The number of rotatable bonds is 8. The molecule has 0 saturated carbocycles. The van der Waals surface area contributed by atoms with Crippen LogP contribution in [0.2, 0.25) is 0 Å². The molecule has 0 radical (unpaired) electrons. The number of nitrogens with zero attached hydrogens (tertiary/aromatic N) is 2. The molecule has 1 fully saturated rings. The number of amides is 3. The van der Waals surface area contributed by atoms with Crippen molar-refractivity contribution in [2.24, 2.45) is 0 Å². The first-order valence-electron chi connectivity index (χ1n) is 9.54. The minimum atomic E-state index is -0.0741. The summed E-state index contributed by atoms with van der Waals surface area (Å²) in [7, 11) is 0. The van der Waals surface area contributed by atoms with Crippen molar-refractivity contribution in [3.63, 3.8) is 0 Å². The van der Waals surface area contributed by atoms with Crippen LogP contribution in [0.5, 0.6) is 0 Å². The van der Waals surface area contributed by atoms with Crippen LogP contribution in [0.15, 0.2) is 30.3 Å². The van der Waals surface area contributed by atoms with Gasteiger partial charge in [-0.25, -0.2) is 0 Å². The normalized spacial score (nSPS) is 14.9. The van der Waals surface area contributed by atoms with Gasteiger partial charge in [0.2, 0.25) is 17.7 Å². The van der Waals surface area contributed by atoms with E-state index in [2.05, 4.69) is 15.5 Å². The predicted octanol–water partition coefficient (Wildman–Crippen LogP) is 0.404. The SMILES string of the molecule is CC(C)NC(=O)CN1CCN(C(=O)CCNC(=O)Cc2ccccc2)CC1. The van der Waals surface area contributed by atoms with Crippen molar-refractivity contribution in [1.29, 1.82) is 0 Å². The monoisotopic (exact) mass is 374 g/mol. The molecule has 2 rings (SSSR count). The average molecular weight is 374 g/mol. The van der Waals surface area contributed by atoms with Crippen LogP contribution in [0.25, 0.3) is 0 Å². The van der Waals surface area contributed by atoms with Crippen LogP contribution < -0.4 is 10.6 Å². The molecule has 27 heavy (non-hydrogen) atoms. The third-order valence-corrected chi connectivity index (χ3v) is 4.41. The second-order valence-corrected chi connectivity index (χ2v) is 7.14. The fourth-order valence-electron chi connectivity index (χ4n) is 3.04. The molecule has 7 nitrogen and oxygen atoms in total. The van der Waals surface area contributed by atoms with Gasteiger partial charge in [0.15, 0.2) is 0 Å². The number of benzene rings is 1. The van der Waals surface area contributed by atoms with Crippen LogP contribution in [-0.4, -0.2) is 72.8 Å². The molecule has 2 N–H and O–H groups in total. The zero-order chi connectivity index (χ0) is 19.6. The molecule has 1 aromatic rings. The molecular weight excluding hydrogens is 344 g/mol. The lowest BCUT2D eigenvalue weighted by Gasteiger charge is -2.34. The number of carbonyl (C=O) groups is 3. The van der Waals surface area contributed by atoms with E-state index < -0.39 is 0 Å². The molecule has 148 valence electrons. The molecule has 1 aliphatic heterocycles. The van der Waals surface area contributed by atoms with Gasteiger partial charge >= 0.3 is 0 Å². The third-order valence-electron chi connectivity index (χ3n) is 4.41. The largest absolute Gasteiger partial charge is 0.355 e. The number of carbonyl (C=O) groups excluding carboxylic acids is 3. The molecule has 0 bridgehead atoms. The Kier molecular flexibility index (Phi) is 8.26. The van der Waals surface area contributed by atoms with Gasteiger partial charge in [0.1, 0.15) is 0 Å². The van der Waals surface area contributed by atoms with E-state index in [1.165, 1.54) is 0 Å². The smallest absolute Gasteiger partial charge is 0.234 e. The summed E-state index contributed by atoms with van der Waals surface area (Å²) in [5.41, 5.74) is 0.957. The summed E-state index contributed by atoms with van der Waals surface area (Å²) in [5.74, 6) is -0.0119. The maximum Gasteiger partial charge on any atom is 0.234 e. The summed E-state index contributed by atoms with van der Waals surface area (Å²) in [4.78, 5) is 39.9. The van der Waals surface area contributed by atoms with Gasteiger partial charge in [-0.2, -0.15) is 0 Å². The maximum atomic E-state index is 12.3. The lowest BCUT2D eigenvalue weighted by molar-refractivity contribution is -0.133. The fourth-order valence-corrected chi connectivity index (χ4v) is 3.04. The zero-order valence-corrected chi connectivity index (χ0v) is 16.2. The van der Waals surface area contributed by atoms with Crippen molar-refractivity contribution in [3.05, 3.63) is 35.9 Å². The number of hydrogen-bond donors (Lipinski definition) is 2. The summed E-state index contributed by atoms with van der Waals surface area (Å²) in [6.07, 6.45) is 0.626. The van der Waals surface area contributed by atoms with Gasteiger partial charge in [0, 0.05) is 45.2 Å². The lowest BCUT2D eigenvalue weighted by Crippen LogP contribution is -2.51. The van der Waals surface area contributed by atoms with Crippen LogP contribution in [0.3, 0.4) is 0 Å². The number of hydrogen-bond acceptors (Lipinski definition) is 4. The van der Waals surface area contributed by atoms with Gasteiger partial charge in [0.05, 0.1) is 13.0 Å². The molecule has 1 aromatic carbocycles. The molecule has 0 unspecified atom stereocenters. The Morgan fingerprint density at radius 3 is 2.30 bits per heavy atom. The Balaban J connectivity index is 1.61. The second kappa shape index (κ2) is 10.7. The number of piperazine rings is 1. The van der Waals surface area contributed by atoms with Gasteiger partial charge in [0.25, 0.3) is 0 Å². The highest BCUT2D eigenvalue weighted by molar-refractivity contribution is 5.80. The minimum Gasteiger partial charge on any atom is -0.355 e. The summed E-state index contributed by atoms with van der Waals surface area (Å²) in [6.45, 7) is 7.21. The van der Waals surface area contributed by atoms with E-state index in [0.29, 0.717) is 52.1 Å². The molecular formula is C20H30N4O3. The highest BCUT2D eigenvalue weighted by Crippen LogP contribution is 2.04. The van der Waals surface area contributed by atoms with Gasteiger partial charge < -0.3 is 15.5 Å². The van der Waals surface area contributed by atoms with Gasteiger partial charge in [-0.15, -0.1) is 0 Å². The van der Waals surface area contributed by atoms with E-state index in [1.807, 2.05) is 44.2 Å². The van der Waals surface area contributed by atoms with E-state index >= 15 is 0 Å². The van der Waals surface area contributed by atoms with Crippen molar-refractivity contribution >= 4 is 17.7 Å². The Hall–Kier alpha value is -2.41. The first-order valence-corrected chi connectivity index (χ1v) is 9.54. The summed E-state index contributed by atoms with van der Waals surface area (Å²) in [6, 6.07) is 9.67.